The number of unbranched alkanes of at least 4 members (excludes halogenated alkanes) is 10. The number of benzene rings is 1. The molecule has 7 heteroatoms. The van der Waals surface area contributed by atoms with Crippen molar-refractivity contribution in [3.63, 3.8) is 0 Å². The monoisotopic (exact) mass is 492 g/mol. The molecule has 1 rings (SSSR count). The van der Waals surface area contributed by atoms with Gasteiger partial charge in [0.2, 0.25) is 0 Å². The van der Waals surface area contributed by atoms with Gasteiger partial charge in [-0.05, 0) is 32.4 Å². The Morgan fingerprint density at radius 1 is 0.774 bits per heavy atom. The van der Waals surface area contributed by atoms with Crippen LogP contribution in [0.3, 0.4) is 0 Å². The fourth-order valence-corrected chi connectivity index (χ4v) is 3.94. The van der Waals surface area contributed by atoms with Gasteiger partial charge in [-0.1, -0.05) is 106 Å². The minimum absolute atomic E-state index is 0.0241. The van der Waals surface area contributed by atoms with Crippen LogP contribution >= 0.6 is 34.8 Å². The normalized spacial score (nSPS) is 11.4. The Morgan fingerprint density at radius 3 is 1.71 bits per heavy atom. The Hall–Kier alpha value is -0.970. The molecule has 0 saturated carbocycles. The van der Waals surface area contributed by atoms with E-state index in [-0.39, 0.29) is 22.4 Å². The second kappa shape index (κ2) is 15.0. The molecule has 0 atom stereocenters. The molecule has 0 heterocycles. The quantitative estimate of drug-likeness (QED) is 0.106. The van der Waals surface area contributed by atoms with Gasteiger partial charge < -0.3 is 9.47 Å². The number of hydrogen-bond acceptors (Lipinski definition) is 4. The van der Waals surface area contributed by atoms with Crippen LogP contribution in [0, 0.1) is 5.41 Å². The zero-order valence-corrected chi connectivity index (χ0v) is 21.2. The fourth-order valence-electron chi connectivity index (χ4n) is 3.04. The smallest absolute Gasteiger partial charge is 0.328 e. The number of halogens is 3. The van der Waals surface area contributed by atoms with Crippen molar-refractivity contribution in [1.82, 2.24) is 0 Å². The predicted octanol–water partition coefficient (Wildman–Crippen LogP) is 8.43. The summed E-state index contributed by atoms with van der Waals surface area (Å²) in [6.45, 7) is 5.43. The SMILES string of the molecule is CCCCCCCCCCCCCOC(=O)C(C)(C)C(=O)Oc1c(Cl)cc(Cl)cc1Cl. The zero-order valence-electron chi connectivity index (χ0n) is 18.9. The lowest BCUT2D eigenvalue weighted by molar-refractivity contribution is -0.164. The van der Waals surface area contributed by atoms with Crippen LogP contribution in [-0.4, -0.2) is 18.5 Å². The van der Waals surface area contributed by atoms with Crippen LogP contribution in [0.15, 0.2) is 12.1 Å². The Labute approximate surface area is 201 Å². The first-order valence-electron chi connectivity index (χ1n) is 11.2. The van der Waals surface area contributed by atoms with E-state index in [1.807, 2.05) is 0 Å². The number of ether oxygens (including phenoxy) is 2. The second-order valence-corrected chi connectivity index (χ2v) is 9.64. The van der Waals surface area contributed by atoms with Crippen LogP contribution in [0.25, 0.3) is 0 Å². The molecule has 4 nitrogen and oxygen atoms in total. The van der Waals surface area contributed by atoms with Gasteiger partial charge in [0.1, 0.15) is 0 Å². The molecule has 0 aromatic heterocycles. The molecule has 31 heavy (non-hydrogen) atoms. The van der Waals surface area contributed by atoms with Crippen LogP contribution in [0.4, 0.5) is 0 Å². The first-order chi connectivity index (χ1) is 14.7. The Kier molecular flexibility index (Phi) is 13.6. The average molecular weight is 494 g/mol. The van der Waals surface area contributed by atoms with Gasteiger partial charge in [-0.3, -0.25) is 9.59 Å². The highest BCUT2D eigenvalue weighted by Crippen LogP contribution is 2.37. The molecule has 0 aliphatic heterocycles. The first-order valence-corrected chi connectivity index (χ1v) is 12.4. The predicted molar refractivity (Wildman–Crippen MR) is 128 cm³/mol. The molecule has 0 amide bonds. The van der Waals surface area contributed by atoms with E-state index < -0.39 is 17.4 Å². The van der Waals surface area contributed by atoms with E-state index in [4.69, 9.17) is 44.3 Å². The van der Waals surface area contributed by atoms with Gasteiger partial charge in [0, 0.05) is 5.02 Å². The maximum absolute atomic E-state index is 12.5. The molecule has 1 aromatic rings. The topological polar surface area (TPSA) is 52.6 Å². The summed E-state index contributed by atoms with van der Waals surface area (Å²) < 4.78 is 10.6. The molecule has 176 valence electrons. The van der Waals surface area contributed by atoms with Gasteiger partial charge in [0.15, 0.2) is 11.2 Å². The van der Waals surface area contributed by atoms with Crippen molar-refractivity contribution in [3.05, 3.63) is 27.2 Å². The van der Waals surface area contributed by atoms with E-state index in [1.165, 1.54) is 77.3 Å². The minimum Gasteiger partial charge on any atom is -0.465 e. The molecule has 0 aliphatic rings. The highest BCUT2D eigenvalue weighted by molar-refractivity contribution is 6.40. The summed E-state index contributed by atoms with van der Waals surface area (Å²) in [7, 11) is 0. The van der Waals surface area contributed by atoms with E-state index >= 15 is 0 Å². The number of hydrogen-bond donors (Lipinski definition) is 0. The van der Waals surface area contributed by atoms with Crippen molar-refractivity contribution in [2.45, 2.75) is 91.4 Å². The lowest BCUT2D eigenvalue weighted by atomic mass is 9.94. The summed E-state index contributed by atoms with van der Waals surface area (Å²) in [5.74, 6) is -1.45. The summed E-state index contributed by atoms with van der Waals surface area (Å²) in [6, 6.07) is 2.82. The van der Waals surface area contributed by atoms with Crippen LogP contribution in [-0.2, 0) is 14.3 Å². The number of rotatable bonds is 15. The number of carbonyl (C=O) groups is 2. The lowest BCUT2D eigenvalue weighted by Gasteiger charge is -2.21. The van der Waals surface area contributed by atoms with Crippen LogP contribution < -0.4 is 4.74 Å². The molecule has 0 unspecified atom stereocenters. The molecule has 0 bridgehead atoms. The molecule has 0 aliphatic carbocycles. The van der Waals surface area contributed by atoms with E-state index in [1.54, 1.807) is 0 Å². The number of carbonyl (C=O) groups excluding carboxylic acids is 2. The van der Waals surface area contributed by atoms with Crippen LogP contribution in [0.2, 0.25) is 15.1 Å². The van der Waals surface area contributed by atoms with Gasteiger partial charge in [0.05, 0.1) is 16.7 Å². The van der Waals surface area contributed by atoms with Gasteiger partial charge >= 0.3 is 11.9 Å². The standard InChI is InChI=1S/C24H35Cl3O4/c1-4-5-6-7-8-9-10-11-12-13-14-15-30-22(28)24(2,3)23(29)31-21-19(26)16-18(25)17-20(21)27/h16-17H,4-15H2,1-3H3. The minimum atomic E-state index is -1.48. The summed E-state index contributed by atoms with van der Waals surface area (Å²) in [4.78, 5) is 24.9. The van der Waals surface area contributed by atoms with Crippen LogP contribution in [0.5, 0.6) is 5.75 Å². The van der Waals surface area contributed by atoms with Gasteiger partial charge in [0.25, 0.3) is 0 Å². The summed E-state index contributed by atoms with van der Waals surface area (Å²) in [5.41, 5.74) is -1.48. The third-order valence-corrected chi connectivity index (χ3v) is 5.94. The maximum Gasteiger partial charge on any atom is 0.328 e. The Morgan fingerprint density at radius 2 is 1.23 bits per heavy atom. The third-order valence-electron chi connectivity index (χ3n) is 5.16. The van der Waals surface area contributed by atoms with E-state index in [9.17, 15) is 9.59 Å². The zero-order chi connectivity index (χ0) is 23.3. The molecule has 0 spiro atoms. The van der Waals surface area contributed by atoms with Crippen LogP contribution in [0.1, 0.15) is 91.4 Å². The van der Waals surface area contributed by atoms with Gasteiger partial charge in [-0.15, -0.1) is 0 Å². The van der Waals surface area contributed by atoms with E-state index in [0.717, 1.165) is 19.3 Å². The summed E-state index contributed by atoms with van der Waals surface area (Å²) in [6.07, 6.45) is 13.3. The van der Waals surface area contributed by atoms with Crippen molar-refractivity contribution in [1.29, 1.82) is 0 Å². The molecule has 1 aromatic carbocycles. The highest BCUT2D eigenvalue weighted by atomic mass is 35.5. The van der Waals surface area contributed by atoms with Gasteiger partial charge in [-0.25, -0.2) is 0 Å². The Balaban J connectivity index is 2.26. The average Bonchev–Trinajstić information content (AvgIpc) is 2.70. The maximum atomic E-state index is 12.5. The van der Waals surface area contributed by atoms with Crippen molar-refractivity contribution >= 4 is 46.7 Å². The van der Waals surface area contributed by atoms with E-state index in [0.29, 0.717) is 5.02 Å². The third kappa shape index (κ3) is 10.5. The molecule has 0 N–H and O–H groups in total. The second-order valence-electron chi connectivity index (χ2n) is 8.38. The summed E-state index contributed by atoms with van der Waals surface area (Å²) in [5, 5.41) is 0.507. The molecular formula is C24H35Cl3O4. The van der Waals surface area contributed by atoms with Crippen molar-refractivity contribution < 1.29 is 19.1 Å². The molecule has 0 saturated heterocycles. The molecule has 0 fully saturated rings. The summed E-state index contributed by atoms with van der Waals surface area (Å²) >= 11 is 17.9. The van der Waals surface area contributed by atoms with Crippen molar-refractivity contribution in [2.24, 2.45) is 5.41 Å². The largest absolute Gasteiger partial charge is 0.465 e. The fraction of sp³-hybridized carbons (Fsp3) is 0.667. The van der Waals surface area contributed by atoms with Gasteiger partial charge in [-0.2, -0.15) is 0 Å². The van der Waals surface area contributed by atoms with Crippen molar-refractivity contribution in [3.8, 4) is 5.75 Å². The number of esters is 2. The molecular weight excluding hydrogens is 459 g/mol. The Bertz CT molecular complexity index is 681. The van der Waals surface area contributed by atoms with E-state index in [2.05, 4.69) is 6.92 Å². The first kappa shape index (κ1) is 28.1. The molecule has 0 radical (unpaired) electrons. The van der Waals surface area contributed by atoms with Crippen molar-refractivity contribution in [2.75, 3.05) is 6.61 Å². The lowest BCUT2D eigenvalue weighted by Crippen LogP contribution is -2.38. The highest BCUT2D eigenvalue weighted by Gasteiger charge is 2.40.